The number of nitriles is 1. The van der Waals surface area contributed by atoms with Gasteiger partial charge in [0.15, 0.2) is 0 Å². The summed E-state index contributed by atoms with van der Waals surface area (Å²) in [5.41, 5.74) is 3.56. The molecule has 0 fully saturated rings. The van der Waals surface area contributed by atoms with Crippen molar-refractivity contribution in [2.75, 3.05) is 0 Å². The number of rotatable bonds is 1. The molecule has 0 radical (unpaired) electrons. The summed E-state index contributed by atoms with van der Waals surface area (Å²) < 4.78 is 27.0. The molecule has 0 bridgehead atoms. The number of benzene rings is 2. The molecule has 1 unspecified atom stereocenters. The second kappa shape index (κ2) is 6.17. The maximum absolute atomic E-state index is 13.5. The molecular weight excluding hydrogens is 334 g/mol. The van der Waals surface area contributed by atoms with Crippen molar-refractivity contribution in [3.05, 3.63) is 88.2 Å². The lowest BCUT2D eigenvalue weighted by Crippen LogP contribution is -2.05. The first-order valence-electron chi connectivity index (χ1n) is 7.92. The molecule has 4 rings (SSSR count). The zero-order valence-corrected chi connectivity index (χ0v) is 13.4. The van der Waals surface area contributed by atoms with E-state index in [0.29, 0.717) is 39.1 Å². The number of nitrogens with zero attached hydrogens (tertiary/aromatic N) is 2. The molecule has 0 amide bonds. The van der Waals surface area contributed by atoms with E-state index in [1.54, 1.807) is 36.4 Å². The lowest BCUT2D eigenvalue weighted by molar-refractivity contribution is 0.219. The average molecular weight is 346 g/mol. The van der Waals surface area contributed by atoms with E-state index < -0.39 is 17.7 Å². The lowest BCUT2D eigenvalue weighted by atomic mass is 9.94. The quantitative estimate of drug-likeness (QED) is 0.707. The minimum Gasteiger partial charge on any atom is -0.384 e. The van der Waals surface area contributed by atoms with Crippen LogP contribution in [0, 0.1) is 23.0 Å². The third kappa shape index (κ3) is 2.67. The summed E-state index contributed by atoms with van der Waals surface area (Å²) in [4.78, 5) is 4.33. The Bertz CT molecular complexity index is 1080. The number of aliphatic hydroxyl groups is 1. The zero-order chi connectivity index (χ0) is 18.3. The number of hydrogen-bond donors (Lipinski definition) is 1. The molecule has 1 aromatic heterocycles. The molecule has 2 aromatic carbocycles. The van der Waals surface area contributed by atoms with Crippen molar-refractivity contribution < 1.29 is 13.9 Å². The predicted octanol–water partition coefficient (Wildman–Crippen LogP) is 4.46. The summed E-state index contributed by atoms with van der Waals surface area (Å²) in [5.74, 6) is -1.36. The van der Waals surface area contributed by atoms with Crippen molar-refractivity contribution in [2.24, 2.45) is 0 Å². The van der Waals surface area contributed by atoms with E-state index in [2.05, 4.69) is 11.1 Å². The van der Waals surface area contributed by atoms with Crippen molar-refractivity contribution in [3.63, 3.8) is 0 Å². The Morgan fingerprint density at radius 3 is 2.46 bits per heavy atom. The topological polar surface area (TPSA) is 56.9 Å². The van der Waals surface area contributed by atoms with Crippen LogP contribution in [0.5, 0.6) is 0 Å². The molecule has 3 nitrogen and oxygen atoms in total. The number of fused-ring (bicyclic) bond motifs is 2. The van der Waals surface area contributed by atoms with Crippen LogP contribution in [0.4, 0.5) is 8.78 Å². The van der Waals surface area contributed by atoms with E-state index in [4.69, 9.17) is 0 Å². The first-order valence-corrected chi connectivity index (χ1v) is 7.92. The summed E-state index contributed by atoms with van der Waals surface area (Å²) in [5, 5.41) is 20.1. The van der Waals surface area contributed by atoms with E-state index in [0.717, 1.165) is 6.07 Å². The van der Waals surface area contributed by atoms with Crippen LogP contribution in [0.3, 0.4) is 0 Å². The van der Waals surface area contributed by atoms with Crippen LogP contribution in [-0.4, -0.2) is 10.1 Å². The molecule has 1 N–H and O–H groups in total. The first kappa shape index (κ1) is 16.1. The highest BCUT2D eigenvalue weighted by Crippen LogP contribution is 2.35. The highest BCUT2D eigenvalue weighted by atomic mass is 19.1. The summed E-state index contributed by atoms with van der Waals surface area (Å²) in [7, 11) is 0. The molecule has 26 heavy (non-hydrogen) atoms. The van der Waals surface area contributed by atoms with E-state index >= 15 is 0 Å². The number of pyridine rings is 1. The van der Waals surface area contributed by atoms with Crippen LogP contribution in [0.25, 0.3) is 23.3 Å². The van der Waals surface area contributed by atoms with Crippen molar-refractivity contribution in [3.8, 4) is 17.2 Å². The Morgan fingerprint density at radius 2 is 1.73 bits per heavy atom. The molecule has 0 saturated carbocycles. The number of hydrogen-bond acceptors (Lipinski definition) is 3. The Balaban J connectivity index is 1.88. The van der Waals surface area contributed by atoms with Crippen molar-refractivity contribution in [1.82, 2.24) is 4.98 Å². The normalized spacial score (nSPS) is 14.9. The molecule has 5 heteroatoms. The molecule has 3 aromatic rings. The van der Waals surface area contributed by atoms with E-state index in [9.17, 15) is 19.1 Å². The van der Waals surface area contributed by atoms with Gasteiger partial charge in [-0.05, 0) is 47.0 Å². The monoisotopic (exact) mass is 346 g/mol. The van der Waals surface area contributed by atoms with Gasteiger partial charge < -0.3 is 5.11 Å². The standard InChI is InChI=1S/C21H12F2N2O/c22-15-6-13(7-16(23)9-15)14-8-19-20(25-11-14)5-4-17-12(10-24)2-1-3-18(17)21(19)26/h1-9,11,21,26H. The van der Waals surface area contributed by atoms with Gasteiger partial charge in [-0.3, -0.25) is 4.98 Å². The second-order valence-electron chi connectivity index (χ2n) is 6.01. The third-order valence-corrected chi connectivity index (χ3v) is 4.40. The van der Waals surface area contributed by atoms with Crippen molar-refractivity contribution in [2.45, 2.75) is 6.10 Å². The van der Waals surface area contributed by atoms with Gasteiger partial charge in [-0.2, -0.15) is 5.26 Å². The van der Waals surface area contributed by atoms with E-state index in [-0.39, 0.29) is 0 Å². The molecule has 1 aliphatic rings. The highest BCUT2D eigenvalue weighted by Gasteiger charge is 2.22. The van der Waals surface area contributed by atoms with Gasteiger partial charge in [0, 0.05) is 23.4 Å². The van der Waals surface area contributed by atoms with Crippen LogP contribution in [0.15, 0.2) is 48.7 Å². The Labute approximate surface area is 148 Å². The van der Waals surface area contributed by atoms with E-state index in [1.807, 2.05) is 0 Å². The van der Waals surface area contributed by atoms with Crippen LogP contribution >= 0.6 is 0 Å². The van der Waals surface area contributed by atoms with Crippen LogP contribution in [0.1, 0.15) is 34.1 Å². The molecule has 1 aliphatic carbocycles. The molecule has 0 saturated heterocycles. The van der Waals surface area contributed by atoms with Gasteiger partial charge in [0.1, 0.15) is 17.7 Å². The summed E-state index contributed by atoms with van der Waals surface area (Å²) >= 11 is 0. The van der Waals surface area contributed by atoms with Crippen LogP contribution < -0.4 is 0 Å². The Kier molecular flexibility index (Phi) is 3.83. The minimum absolute atomic E-state index is 0.337. The Hall–Kier alpha value is -3.36. The van der Waals surface area contributed by atoms with Crippen LogP contribution in [0.2, 0.25) is 0 Å². The van der Waals surface area contributed by atoms with Gasteiger partial charge in [0.2, 0.25) is 0 Å². The lowest BCUT2D eigenvalue weighted by Gasteiger charge is -2.16. The summed E-state index contributed by atoms with van der Waals surface area (Å²) in [6.45, 7) is 0. The fourth-order valence-corrected chi connectivity index (χ4v) is 3.16. The largest absolute Gasteiger partial charge is 0.384 e. The average Bonchev–Trinajstić information content (AvgIpc) is 2.78. The molecule has 0 spiro atoms. The smallest absolute Gasteiger partial charge is 0.126 e. The molecular formula is C21H12F2N2O. The maximum atomic E-state index is 13.5. The fraction of sp³-hybridized carbons (Fsp3) is 0.0476. The number of halogens is 2. The van der Waals surface area contributed by atoms with Gasteiger partial charge in [0.05, 0.1) is 17.3 Å². The van der Waals surface area contributed by atoms with Crippen molar-refractivity contribution in [1.29, 1.82) is 5.26 Å². The first-order chi connectivity index (χ1) is 12.6. The minimum atomic E-state index is -1.01. The molecule has 0 aliphatic heterocycles. The fourth-order valence-electron chi connectivity index (χ4n) is 3.16. The third-order valence-electron chi connectivity index (χ3n) is 4.40. The maximum Gasteiger partial charge on any atom is 0.126 e. The van der Waals surface area contributed by atoms with Crippen molar-refractivity contribution >= 4 is 12.2 Å². The van der Waals surface area contributed by atoms with Gasteiger partial charge in [-0.1, -0.05) is 18.2 Å². The number of aromatic nitrogens is 1. The number of aliphatic hydroxyl groups excluding tert-OH is 1. The SMILES string of the molecule is N#Cc1cccc2c1C=Cc1ncc(-c3cc(F)cc(F)c3)cc1C2O. The highest BCUT2D eigenvalue weighted by molar-refractivity contribution is 5.78. The zero-order valence-electron chi connectivity index (χ0n) is 13.4. The van der Waals surface area contributed by atoms with Gasteiger partial charge >= 0.3 is 0 Å². The summed E-state index contributed by atoms with van der Waals surface area (Å²) in [6.07, 6.45) is 3.97. The van der Waals surface area contributed by atoms with E-state index in [1.165, 1.54) is 18.3 Å². The van der Waals surface area contributed by atoms with Gasteiger partial charge in [-0.15, -0.1) is 0 Å². The summed E-state index contributed by atoms with van der Waals surface area (Å²) in [6, 6.07) is 12.1. The molecule has 1 heterocycles. The predicted molar refractivity (Wildman–Crippen MR) is 93.7 cm³/mol. The van der Waals surface area contributed by atoms with Gasteiger partial charge in [0.25, 0.3) is 0 Å². The van der Waals surface area contributed by atoms with Gasteiger partial charge in [-0.25, -0.2) is 8.78 Å². The molecule has 126 valence electrons. The Morgan fingerprint density at radius 1 is 0.962 bits per heavy atom. The molecule has 1 atom stereocenters. The van der Waals surface area contributed by atoms with Crippen LogP contribution in [-0.2, 0) is 0 Å². The second-order valence-corrected chi connectivity index (χ2v) is 6.01.